The first-order chi connectivity index (χ1) is 6.95. The molecule has 74 valence electrons. The first-order valence-corrected chi connectivity index (χ1v) is 5.39. The Morgan fingerprint density at radius 2 is 2.00 bits per heavy atom. The van der Waals surface area contributed by atoms with Crippen LogP contribution in [0.3, 0.4) is 0 Å². The van der Waals surface area contributed by atoms with Gasteiger partial charge in [-0.1, -0.05) is 18.6 Å². The predicted molar refractivity (Wildman–Crippen MR) is 57.1 cm³/mol. The van der Waals surface area contributed by atoms with Crippen molar-refractivity contribution >= 4 is 0 Å². The summed E-state index contributed by atoms with van der Waals surface area (Å²) in [4.78, 5) is 0. The van der Waals surface area contributed by atoms with Crippen molar-refractivity contribution in [2.45, 2.75) is 38.2 Å². The third-order valence-electron chi connectivity index (χ3n) is 2.62. The summed E-state index contributed by atoms with van der Waals surface area (Å²) in [6.07, 6.45) is 8.86. The molecule has 1 atom stereocenters. The molecule has 2 rings (SSSR count). The highest BCUT2D eigenvalue weighted by atomic mass is 16.5. The lowest BCUT2D eigenvalue weighted by Crippen LogP contribution is -2.14. The van der Waals surface area contributed by atoms with Gasteiger partial charge in [0.2, 0.25) is 0 Å². The lowest BCUT2D eigenvalue weighted by molar-refractivity contribution is 0.184. The summed E-state index contributed by atoms with van der Waals surface area (Å²) in [5, 5.41) is 0. The monoisotopic (exact) mass is 188 g/mol. The van der Waals surface area contributed by atoms with Crippen molar-refractivity contribution in [2.24, 2.45) is 0 Å². The molecule has 1 fully saturated rings. The number of rotatable bonds is 2. The van der Waals surface area contributed by atoms with Crippen molar-refractivity contribution in [1.29, 1.82) is 0 Å². The highest BCUT2D eigenvalue weighted by Gasteiger charge is 2.13. The Labute approximate surface area is 86.1 Å². The average Bonchev–Trinajstić information content (AvgIpc) is 2.48. The molecule has 1 saturated carbocycles. The molecule has 1 heteroatoms. The quantitative estimate of drug-likeness (QED) is 0.646. The van der Waals surface area contributed by atoms with E-state index in [0.717, 1.165) is 5.75 Å². The molecule has 0 aliphatic heterocycles. The van der Waals surface area contributed by atoms with Crippen LogP contribution in [0.15, 0.2) is 24.3 Å². The van der Waals surface area contributed by atoms with Crippen molar-refractivity contribution in [3.05, 3.63) is 36.8 Å². The standard InChI is InChI=1S/C13H16O/c1-2-5-9-12(8-4-1)14-13-10-6-3-7-11-13/h1,6-7,10-12H,2,4-5,8-9H2. The van der Waals surface area contributed by atoms with Crippen LogP contribution in [0.1, 0.15) is 32.1 Å². The van der Waals surface area contributed by atoms with Gasteiger partial charge in [0.05, 0.1) is 6.10 Å². The summed E-state index contributed by atoms with van der Waals surface area (Å²) < 4.78 is 5.90. The molecule has 0 bridgehead atoms. The van der Waals surface area contributed by atoms with Gasteiger partial charge < -0.3 is 4.74 Å². The third kappa shape index (κ3) is 2.76. The molecule has 0 heterocycles. The van der Waals surface area contributed by atoms with Crippen molar-refractivity contribution in [3.63, 3.8) is 0 Å². The fourth-order valence-electron chi connectivity index (χ4n) is 1.84. The van der Waals surface area contributed by atoms with Gasteiger partial charge in [0.1, 0.15) is 5.75 Å². The maximum Gasteiger partial charge on any atom is 0.119 e. The fraction of sp³-hybridized carbons (Fsp3) is 0.462. The highest BCUT2D eigenvalue weighted by molar-refractivity contribution is 5.20. The van der Waals surface area contributed by atoms with E-state index < -0.39 is 0 Å². The van der Waals surface area contributed by atoms with Gasteiger partial charge in [0.15, 0.2) is 0 Å². The Bertz CT molecular complexity index is 247. The number of hydrogen-bond acceptors (Lipinski definition) is 1. The minimum Gasteiger partial charge on any atom is -0.490 e. The summed E-state index contributed by atoms with van der Waals surface area (Å²) in [5.74, 6) is 0.982. The van der Waals surface area contributed by atoms with Crippen LogP contribution in [0, 0.1) is 12.5 Å². The summed E-state index contributed by atoms with van der Waals surface area (Å²) in [6, 6.07) is 10.8. The van der Waals surface area contributed by atoms with Crippen LogP contribution in [0.5, 0.6) is 5.75 Å². The molecule has 0 amide bonds. The van der Waals surface area contributed by atoms with E-state index in [1.807, 2.05) is 24.3 Å². The minimum absolute atomic E-state index is 0.413. The Balaban J connectivity index is 1.90. The van der Waals surface area contributed by atoms with Gasteiger partial charge in [-0.2, -0.15) is 0 Å². The average molecular weight is 188 g/mol. The zero-order valence-corrected chi connectivity index (χ0v) is 8.41. The second-order valence-corrected chi connectivity index (χ2v) is 3.77. The molecule has 0 aromatic heterocycles. The second kappa shape index (κ2) is 5.04. The van der Waals surface area contributed by atoms with Gasteiger partial charge in [-0.15, -0.1) is 0 Å². The molecule has 0 saturated heterocycles. The van der Waals surface area contributed by atoms with Crippen LogP contribution in [0.25, 0.3) is 0 Å². The lowest BCUT2D eigenvalue weighted by Gasteiger charge is -2.16. The first-order valence-electron chi connectivity index (χ1n) is 5.39. The molecule has 2 radical (unpaired) electrons. The normalized spacial score (nSPS) is 18.9. The largest absolute Gasteiger partial charge is 0.490 e. The van der Waals surface area contributed by atoms with E-state index in [1.54, 1.807) is 0 Å². The molecule has 1 aliphatic rings. The molecule has 14 heavy (non-hydrogen) atoms. The van der Waals surface area contributed by atoms with Crippen LogP contribution in [0.4, 0.5) is 0 Å². The second-order valence-electron chi connectivity index (χ2n) is 3.77. The molecule has 1 nitrogen and oxygen atoms in total. The molecule has 1 unspecified atom stereocenters. The van der Waals surface area contributed by atoms with Crippen LogP contribution in [-0.2, 0) is 0 Å². The van der Waals surface area contributed by atoms with Gasteiger partial charge in [0.25, 0.3) is 0 Å². The zero-order valence-electron chi connectivity index (χ0n) is 8.41. The van der Waals surface area contributed by atoms with Crippen molar-refractivity contribution < 1.29 is 4.74 Å². The molecule has 0 spiro atoms. The molecule has 1 aliphatic carbocycles. The Kier molecular flexibility index (Phi) is 3.44. The Hall–Kier alpha value is -0.980. The van der Waals surface area contributed by atoms with Gasteiger partial charge >= 0.3 is 0 Å². The first kappa shape index (κ1) is 9.57. The smallest absolute Gasteiger partial charge is 0.119 e. The van der Waals surface area contributed by atoms with Crippen LogP contribution >= 0.6 is 0 Å². The van der Waals surface area contributed by atoms with Gasteiger partial charge in [-0.3, -0.25) is 0 Å². The van der Waals surface area contributed by atoms with E-state index in [9.17, 15) is 0 Å². The van der Waals surface area contributed by atoms with Gasteiger partial charge in [-0.05, 0) is 50.3 Å². The van der Waals surface area contributed by atoms with Gasteiger partial charge in [0, 0.05) is 0 Å². The number of hydrogen-bond donors (Lipinski definition) is 0. The summed E-state index contributed by atoms with van der Waals surface area (Å²) >= 11 is 0. The van der Waals surface area contributed by atoms with Crippen LogP contribution in [0.2, 0.25) is 0 Å². The highest BCUT2D eigenvalue weighted by Crippen LogP contribution is 2.21. The predicted octanol–water partition coefficient (Wildman–Crippen LogP) is 3.40. The summed E-state index contributed by atoms with van der Waals surface area (Å²) in [5.41, 5.74) is 0. The van der Waals surface area contributed by atoms with E-state index in [2.05, 4.69) is 12.5 Å². The van der Waals surface area contributed by atoms with Crippen molar-refractivity contribution in [2.75, 3.05) is 0 Å². The maximum absolute atomic E-state index is 5.90. The number of ether oxygens (including phenoxy) is 1. The zero-order chi connectivity index (χ0) is 9.64. The minimum atomic E-state index is 0.413. The topological polar surface area (TPSA) is 9.23 Å². The summed E-state index contributed by atoms with van der Waals surface area (Å²) in [7, 11) is 0. The van der Waals surface area contributed by atoms with E-state index in [0.29, 0.717) is 6.10 Å². The Morgan fingerprint density at radius 1 is 1.14 bits per heavy atom. The van der Waals surface area contributed by atoms with Gasteiger partial charge in [-0.25, -0.2) is 0 Å². The third-order valence-corrected chi connectivity index (χ3v) is 2.62. The van der Waals surface area contributed by atoms with E-state index >= 15 is 0 Å². The Morgan fingerprint density at radius 3 is 2.86 bits per heavy atom. The van der Waals surface area contributed by atoms with E-state index in [-0.39, 0.29) is 0 Å². The summed E-state index contributed by atoms with van der Waals surface area (Å²) in [6.45, 7) is 0. The SMILES string of the molecule is [c]1ccc(OC2CC[CH]CCC2)cc1. The lowest BCUT2D eigenvalue weighted by atomic mass is 10.1. The molecular formula is C13H16O. The van der Waals surface area contributed by atoms with E-state index in [4.69, 9.17) is 4.74 Å². The maximum atomic E-state index is 5.90. The molecule has 0 N–H and O–H groups in total. The molecular weight excluding hydrogens is 172 g/mol. The van der Waals surface area contributed by atoms with Crippen LogP contribution in [-0.4, -0.2) is 6.10 Å². The fourth-order valence-corrected chi connectivity index (χ4v) is 1.84. The van der Waals surface area contributed by atoms with Crippen molar-refractivity contribution in [3.8, 4) is 5.75 Å². The molecule has 1 aromatic rings. The number of benzene rings is 1. The van der Waals surface area contributed by atoms with E-state index in [1.165, 1.54) is 32.1 Å². The van der Waals surface area contributed by atoms with Crippen LogP contribution < -0.4 is 4.74 Å². The van der Waals surface area contributed by atoms with Crippen molar-refractivity contribution in [1.82, 2.24) is 0 Å². The molecule has 1 aromatic carbocycles.